The number of carbonyl (C=O) groups excluding carboxylic acids is 1. The first-order valence-corrected chi connectivity index (χ1v) is 6.08. The van der Waals surface area contributed by atoms with E-state index in [1.165, 1.54) is 4.90 Å². The van der Waals surface area contributed by atoms with E-state index in [0.29, 0.717) is 5.75 Å². The van der Waals surface area contributed by atoms with Crippen LogP contribution in [0.2, 0.25) is 0 Å². The zero-order chi connectivity index (χ0) is 14.6. The van der Waals surface area contributed by atoms with Gasteiger partial charge in [0.05, 0.1) is 6.10 Å². The SMILES string of the molecule is O=C(COc1ccccc1)N1CC(OCC(F)(F)F)C1. The predicted octanol–water partition coefficient (Wildman–Crippen LogP) is 1.86. The van der Waals surface area contributed by atoms with E-state index in [1.54, 1.807) is 24.3 Å². The second-order valence-corrected chi connectivity index (χ2v) is 4.45. The third-order valence-corrected chi connectivity index (χ3v) is 2.79. The Morgan fingerprint density at radius 1 is 1.25 bits per heavy atom. The quantitative estimate of drug-likeness (QED) is 0.830. The van der Waals surface area contributed by atoms with Crippen molar-refractivity contribution in [1.82, 2.24) is 4.90 Å². The number of alkyl halides is 3. The van der Waals surface area contributed by atoms with Crippen molar-refractivity contribution in [2.24, 2.45) is 0 Å². The van der Waals surface area contributed by atoms with Gasteiger partial charge in [-0.1, -0.05) is 18.2 Å². The summed E-state index contributed by atoms with van der Waals surface area (Å²) in [6.45, 7) is -1.06. The van der Waals surface area contributed by atoms with Crippen molar-refractivity contribution in [1.29, 1.82) is 0 Å². The highest BCUT2D eigenvalue weighted by Gasteiger charge is 2.35. The molecule has 110 valence electrons. The Morgan fingerprint density at radius 3 is 2.50 bits per heavy atom. The van der Waals surface area contributed by atoms with Crippen molar-refractivity contribution in [3.63, 3.8) is 0 Å². The van der Waals surface area contributed by atoms with Crippen LogP contribution in [0.25, 0.3) is 0 Å². The van der Waals surface area contributed by atoms with Gasteiger partial charge in [-0.2, -0.15) is 13.2 Å². The molecule has 0 radical (unpaired) electrons. The molecule has 1 aromatic carbocycles. The minimum absolute atomic E-state index is 0.129. The van der Waals surface area contributed by atoms with Gasteiger partial charge in [0, 0.05) is 13.1 Å². The van der Waals surface area contributed by atoms with Crippen LogP contribution in [-0.4, -0.2) is 49.4 Å². The third kappa shape index (κ3) is 4.41. The second kappa shape index (κ2) is 6.13. The Labute approximate surface area is 114 Å². The summed E-state index contributed by atoms with van der Waals surface area (Å²) in [6.07, 6.45) is -4.88. The zero-order valence-corrected chi connectivity index (χ0v) is 10.6. The zero-order valence-electron chi connectivity index (χ0n) is 10.6. The average Bonchev–Trinajstić information content (AvgIpc) is 2.34. The fourth-order valence-electron chi connectivity index (χ4n) is 1.71. The molecule has 20 heavy (non-hydrogen) atoms. The molecule has 0 N–H and O–H groups in total. The first kappa shape index (κ1) is 14.6. The summed E-state index contributed by atoms with van der Waals surface area (Å²) in [5.41, 5.74) is 0. The highest BCUT2D eigenvalue weighted by atomic mass is 19.4. The first-order valence-electron chi connectivity index (χ1n) is 6.08. The van der Waals surface area contributed by atoms with Gasteiger partial charge in [-0.15, -0.1) is 0 Å². The van der Waals surface area contributed by atoms with Gasteiger partial charge in [-0.05, 0) is 12.1 Å². The topological polar surface area (TPSA) is 38.8 Å². The van der Waals surface area contributed by atoms with E-state index in [9.17, 15) is 18.0 Å². The molecule has 0 saturated carbocycles. The summed E-state index contributed by atoms with van der Waals surface area (Å²) in [5, 5.41) is 0. The molecule has 4 nitrogen and oxygen atoms in total. The number of rotatable bonds is 5. The molecule has 1 fully saturated rings. The number of halogens is 3. The molecule has 0 unspecified atom stereocenters. The van der Waals surface area contributed by atoms with Crippen LogP contribution >= 0.6 is 0 Å². The van der Waals surface area contributed by atoms with Crippen LogP contribution in [0, 0.1) is 0 Å². The number of nitrogens with zero attached hydrogens (tertiary/aromatic N) is 1. The van der Waals surface area contributed by atoms with E-state index in [4.69, 9.17) is 4.74 Å². The van der Waals surface area contributed by atoms with Crippen molar-refractivity contribution in [3.8, 4) is 5.75 Å². The minimum atomic E-state index is -4.33. The molecule has 1 amide bonds. The lowest BCUT2D eigenvalue weighted by Gasteiger charge is -2.38. The van der Waals surface area contributed by atoms with Gasteiger partial charge in [0.25, 0.3) is 5.91 Å². The van der Waals surface area contributed by atoms with Gasteiger partial charge in [-0.3, -0.25) is 4.79 Å². The lowest BCUT2D eigenvalue weighted by atomic mass is 10.1. The lowest BCUT2D eigenvalue weighted by molar-refractivity contribution is -0.200. The molecule has 0 bridgehead atoms. The number of ether oxygens (including phenoxy) is 2. The first-order chi connectivity index (χ1) is 9.44. The average molecular weight is 289 g/mol. The smallest absolute Gasteiger partial charge is 0.411 e. The third-order valence-electron chi connectivity index (χ3n) is 2.79. The standard InChI is InChI=1S/C13H14F3NO3/c14-13(15,16)9-20-11-6-17(7-11)12(18)8-19-10-4-2-1-3-5-10/h1-5,11H,6-9H2. The molecule has 7 heteroatoms. The summed E-state index contributed by atoms with van der Waals surface area (Å²) in [6, 6.07) is 8.83. The number of hydrogen-bond donors (Lipinski definition) is 0. The number of para-hydroxylation sites is 1. The van der Waals surface area contributed by atoms with Crippen LogP contribution in [0.3, 0.4) is 0 Å². The molecule has 0 atom stereocenters. The van der Waals surface area contributed by atoms with Crippen LogP contribution in [0.15, 0.2) is 30.3 Å². The van der Waals surface area contributed by atoms with Gasteiger partial charge in [-0.25, -0.2) is 0 Å². The fraction of sp³-hybridized carbons (Fsp3) is 0.462. The van der Waals surface area contributed by atoms with Gasteiger partial charge in [0.15, 0.2) is 6.61 Å². The van der Waals surface area contributed by atoms with Gasteiger partial charge >= 0.3 is 6.18 Å². The number of benzene rings is 1. The molecular formula is C13H14F3NO3. The number of amides is 1. The maximum atomic E-state index is 11.9. The summed E-state index contributed by atoms with van der Waals surface area (Å²) in [7, 11) is 0. The molecule has 1 aromatic rings. The van der Waals surface area contributed by atoms with E-state index in [2.05, 4.69) is 4.74 Å². The molecule has 0 aromatic heterocycles. The summed E-state index contributed by atoms with van der Waals surface area (Å²) in [5.74, 6) is 0.312. The fourth-order valence-corrected chi connectivity index (χ4v) is 1.71. The van der Waals surface area contributed by atoms with Crippen LogP contribution in [0.1, 0.15) is 0 Å². The normalized spacial score (nSPS) is 15.8. The Hall–Kier alpha value is -1.76. The molecule has 1 saturated heterocycles. The van der Waals surface area contributed by atoms with Crippen LogP contribution in [0.5, 0.6) is 5.75 Å². The number of likely N-dealkylation sites (tertiary alicyclic amines) is 1. The monoisotopic (exact) mass is 289 g/mol. The highest BCUT2D eigenvalue weighted by Crippen LogP contribution is 2.19. The Bertz CT molecular complexity index is 444. The largest absolute Gasteiger partial charge is 0.484 e. The number of carbonyl (C=O) groups is 1. The van der Waals surface area contributed by atoms with E-state index in [0.717, 1.165) is 0 Å². The Balaban J connectivity index is 1.64. The number of hydrogen-bond acceptors (Lipinski definition) is 3. The minimum Gasteiger partial charge on any atom is -0.484 e. The lowest BCUT2D eigenvalue weighted by Crippen LogP contribution is -2.56. The molecule has 1 aliphatic rings. The van der Waals surface area contributed by atoms with Crippen molar-refractivity contribution in [3.05, 3.63) is 30.3 Å². The van der Waals surface area contributed by atoms with Crippen LogP contribution < -0.4 is 4.74 Å². The van der Waals surface area contributed by atoms with E-state index in [-0.39, 0.29) is 25.6 Å². The molecular weight excluding hydrogens is 275 g/mol. The molecule has 1 aliphatic heterocycles. The van der Waals surface area contributed by atoms with Crippen molar-refractivity contribution >= 4 is 5.91 Å². The maximum absolute atomic E-state index is 11.9. The summed E-state index contributed by atoms with van der Waals surface area (Å²) < 4.78 is 45.6. The Morgan fingerprint density at radius 2 is 1.90 bits per heavy atom. The molecule has 1 heterocycles. The van der Waals surface area contributed by atoms with E-state index in [1.807, 2.05) is 6.07 Å². The highest BCUT2D eigenvalue weighted by molar-refractivity contribution is 5.78. The van der Waals surface area contributed by atoms with Gasteiger partial charge < -0.3 is 14.4 Å². The van der Waals surface area contributed by atoms with Crippen molar-refractivity contribution in [2.75, 3.05) is 26.3 Å². The second-order valence-electron chi connectivity index (χ2n) is 4.45. The predicted molar refractivity (Wildman–Crippen MR) is 64.3 cm³/mol. The summed E-state index contributed by atoms with van der Waals surface area (Å²) in [4.78, 5) is 13.1. The molecule has 0 aliphatic carbocycles. The van der Waals surface area contributed by atoms with E-state index < -0.39 is 18.9 Å². The van der Waals surface area contributed by atoms with E-state index >= 15 is 0 Å². The van der Waals surface area contributed by atoms with Crippen molar-refractivity contribution in [2.45, 2.75) is 12.3 Å². The van der Waals surface area contributed by atoms with Crippen LogP contribution in [-0.2, 0) is 9.53 Å². The van der Waals surface area contributed by atoms with Crippen LogP contribution in [0.4, 0.5) is 13.2 Å². The van der Waals surface area contributed by atoms with Gasteiger partial charge in [0.2, 0.25) is 0 Å². The Kier molecular flexibility index (Phi) is 4.49. The van der Waals surface area contributed by atoms with Gasteiger partial charge in [0.1, 0.15) is 12.4 Å². The maximum Gasteiger partial charge on any atom is 0.411 e. The molecule has 0 spiro atoms. The summed E-state index contributed by atoms with van der Waals surface area (Å²) >= 11 is 0. The molecule has 2 rings (SSSR count). The van der Waals surface area contributed by atoms with Crippen molar-refractivity contribution < 1.29 is 27.4 Å².